The highest BCUT2D eigenvalue weighted by molar-refractivity contribution is 7.75. The lowest BCUT2D eigenvalue weighted by Gasteiger charge is -2.31. The highest BCUT2D eigenvalue weighted by Gasteiger charge is 2.29. The molecule has 3 aliphatic rings. The number of ether oxygens (including phenoxy) is 1. The van der Waals surface area contributed by atoms with Crippen molar-refractivity contribution in [2.75, 3.05) is 11.9 Å². The number of fused-ring (bicyclic) bond motifs is 3. The van der Waals surface area contributed by atoms with Crippen LogP contribution in [0.1, 0.15) is 61.8 Å². The van der Waals surface area contributed by atoms with E-state index in [1.54, 1.807) is 4.68 Å². The summed E-state index contributed by atoms with van der Waals surface area (Å²) in [5, 5.41) is 7.27. The van der Waals surface area contributed by atoms with E-state index >= 15 is 0 Å². The lowest BCUT2D eigenvalue weighted by Crippen LogP contribution is -2.33. The van der Waals surface area contributed by atoms with Crippen LogP contribution < -0.4 is 10.1 Å². The molecule has 0 unspecified atom stereocenters. The van der Waals surface area contributed by atoms with Gasteiger partial charge in [-0.2, -0.15) is 5.10 Å². The molecule has 1 atom stereocenters. The van der Waals surface area contributed by atoms with Gasteiger partial charge < -0.3 is 18.6 Å². The smallest absolute Gasteiger partial charge is 0.322 e. The summed E-state index contributed by atoms with van der Waals surface area (Å²) in [6, 6.07) is 1.75. The molecule has 0 spiro atoms. The van der Waals surface area contributed by atoms with Crippen LogP contribution in [0.2, 0.25) is 0 Å². The van der Waals surface area contributed by atoms with Crippen molar-refractivity contribution in [1.29, 1.82) is 0 Å². The molecule has 5 rings (SSSR count). The van der Waals surface area contributed by atoms with Crippen molar-refractivity contribution in [3.05, 3.63) is 34.5 Å². The van der Waals surface area contributed by atoms with Crippen LogP contribution in [-0.2, 0) is 40.6 Å². The van der Waals surface area contributed by atoms with E-state index in [4.69, 9.17) is 4.74 Å². The van der Waals surface area contributed by atoms with Gasteiger partial charge in [0.1, 0.15) is 0 Å². The second kappa shape index (κ2) is 7.11. The normalized spacial score (nSPS) is 22.2. The highest BCUT2D eigenvalue weighted by Crippen LogP contribution is 2.44. The van der Waals surface area contributed by atoms with Crippen molar-refractivity contribution in [3.63, 3.8) is 0 Å². The molecular formula is C22H27N4O3S-. The zero-order valence-corrected chi connectivity index (χ0v) is 18.5. The zero-order chi connectivity index (χ0) is 21.0. The Morgan fingerprint density at radius 1 is 1.33 bits per heavy atom. The minimum absolute atomic E-state index is 0.0446. The zero-order valence-electron chi connectivity index (χ0n) is 17.7. The molecule has 7 nitrogen and oxygen atoms in total. The van der Waals surface area contributed by atoms with Crippen LogP contribution in [0.25, 0.3) is 0 Å². The summed E-state index contributed by atoms with van der Waals surface area (Å²) in [6.07, 6.45) is 6.76. The van der Waals surface area contributed by atoms with Gasteiger partial charge in [0.05, 0.1) is 13.2 Å². The van der Waals surface area contributed by atoms with E-state index < -0.39 is 16.6 Å². The topological polar surface area (TPSA) is 85.6 Å². The summed E-state index contributed by atoms with van der Waals surface area (Å²) < 4.78 is 24.2. The Morgan fingerprint density at radius 2 is 2.17 bits per heavy atom. The second-order valence-corrected chi connectivity index (χ2v) is 10.6. The number of carbonyl (C=O) groups is 1. The summed E-state index contributed by atoms with van der Waals surface area (Å²) >= 11 is 0. The second-order valence-electron chi connectivity index (χ2n) is 9.45. The van der Waals surface area contributed by atoms with Gasteiger partial charge >= 0.3 is 6.03 Å². The van der Waals surface area contributed by atoms with Crippen molar-refractivity contribution in [1.82, 2.24) is 9.78 Å². The molecule has 160 valence electrons. The van der Waals surface area contributed by atoms with Gasteiger partial charge in [0.15, 0.2) is 5.88 Å². The average Bonchev–Trinajstić information content (AvgIpc) is 3.39. The van der Waals surface area contributed by atoms with Crippen LogP contribution in [0.5, 0.6) is 5.88 Å². The molecule has 0 bridgehead atoms. The Balaban J connectivity index is 1.44. The van der Waals surface area contributed by atoms with Crippen molar-refractivity contribution >= 4 is 22.3 Å². The highest BCUT2D eigenvalue weighted by atomic mass is 32.2. The third-order valence-corrected chi connectivity index (χ3v) is 7.38. The van der Waals surface area contributed by atoms with E-state index in [1.165, 1.54) is 28.5 Å². The largest absolute Gasteiger partial charge is 0.478 e. The molecule has 1 aromatic heterocycles. The Kier molecular flexibility index (Phi) is 4.65. The van der Waals surface area contributed by atoms with Gasteiger partial charge in [0.2, 0.25) is 0 Å². The van der Waals surface area contributed by atoms with Crippen LogP contribution in [0.15, 0.2) is 21.5 Å². The monoisotopic (exact) mass is 427 g/mol. The van der Waals surface area contributed by atoms with Crippen LogP contribution in [-0.4, -0.2) is 22.4 Å². The van der Waals surface area contributed by atoms with E-state index in [1.807, 2.05) is 0 Å². The summed E-state index contributed by atoms with van der Waals surface area (Å²) in [4.78, 5) is 13.1. The van der Waals surface area contributed by atoms with Crippen molar-refractivity contribution in [3.8, 4) is 5.88 Å². The number of hydrogen-bond acceptors (Lipinski definition) is 5. The van der Waals surface area contributed by atoms with E-state index in [0.717, 1.165) is 37.8 Å². The first-order valence-corrected chi connectivity index (χ1v) is 11.7. The number of benzene rings is 1. The molecule has 1 aromatic carbocycles. The molecule has 0 saturated carbocycles. The van der Waals surface area contributed by atoms with Gasteiger partial charge in [-0.15, -0.1) is 10.6 Å². The van der Waals surface area contributed by atoms with Crippen molar-refractivity contribution in [2.45, 2.75) is 70.2 Å². The number of anilines is 1. The molecular weight excluding hydrogens is 400 g/mol. The summed E-state index contributed by atoms with van der Waals surface area (Å²) in [5.41, 5.74) is 5.99. The average molecular weight is 428 g/mol. The standard InChI is InChI=1S/C22H27N4O3S/c1-13-7-8-15-9-14-5-4-6-16(14)19(18(13)15)24-21(27)25-30(28)17-10-23-26-11-22(2,3)12-29-20(17)26/h9-10,13H,4-8,11-12H2,1-3H3,(H,24,27)/q-1/t13-/m1/s1. The Hall–Kier alpha value is -2.35. The minimum Gasteiger partial charge on any atom is -0.478 e. The first-order valence-electron chi connectivity index (χ1n) is 10.6. The predicted octanol–water partition coefficient (Wildman–Crippen LogP) is 4.58. The number of rotatable bonds is 2. The fourth-order valence-electron chi connectivity index (χ4n) is 4.96. The van der Waals surface area contributed by atoms with Gasteiger partial charge in [-0.25, -0.2) is 9.48 Å². The van der Waals surface area contributed by atoms with Gasteiger partial charge in [-0.3, -0.25) is 0 Å². The molecule has 0 fully saturated rings. The lowest BCUT2D eigenvalue weighted by molar-refractivity contribution is 0.0972. The lowest BCUT2D eigenvalue weighted by atomic mass is 9.94. The number of aromatic nitrogens is 2. The number of urea groups is 1. The van der Waals surface area contributed by atoms with Gasteiger partial charge in [0, 0.05) is 17.3 Å². The van der Waals surface area contributed by atoms with Crippen LogP contribution in [0.4, 0.5) is 10.5 Å². The van der Waals surface area contributed by atoms with Crippen molar-refractivity contribution < 1.29 is 13.7 Å². The molecule has 1 aliphatic heterocycles. The predicted molar refractivity (Wildman–Crippen MR) is 114 cm³/mol. The number of nitrogens with one attached hydrogen (secondary N) is 1. The maximum absolute atomic E-state index is 12.8. The van der Waals surface area contributed by atoms with E-state index in [2.05, 4.69) is 41.6 Å². The Morgan fingerprint density at radius 3 is 3.00 bits per heavy atom. The van der Waals surface area contributed by atoms with Gasteiger partial charge in [-0.05, 0) is 65.2 Å². The summed E-state index contributed by atoms with van der Waals surface area (Å²) in [6.45, 7) is 7.56. The Labute approximate surface area is 178 Å². The first-order chi connectivity index (χ1) is 14.3. The molecule has 2 heterocycles. The maximum atomic E-state index is 12.8. The number of carbonyl (C=O) groups excluding carboxylic acids is 1. The number of amides is 2. The quantitative estimate of drug-likeness (QED) is 0.711. The molecule has 30 heavy (non-hydrogen) atoms. The van der Waals surface area contributed by atoms with Gasteiger partial charge in [-0.1, -0.05) is 26.8 Å². The van der Waals surface area contributed by atoms with E-state index in [9.17, 15) is 9.00 Å². The van der Waals surface area contributed by atoms with Crippen LogP contribution in [0.3, 0.4) is 0 Å². The molecule has 2 aromatic rings. The number of nitrogens with zero attached hydrogens (tertiary/aromatic N) is 3. The van der Waals surface area contributed by atoms with Crippen LogP contribution in [0, 0.1) is 5.41 Å². The Bertz CT molecular complexity index is 1130. The number of hydrogen-bond donors (Lipinski definition) is 1. The summed E-state index contributed by atoms with van der Waals surface area (Å²) in [7, 11) is -1.87. The SMILES string of the molecule is C[C@@H]1CCc2cc3c(c(NC(=O)N=[S-](=O)c4cnn5c4OCC(C)(C)C5)c21)CCC3. The molecule has 0 saturated heterocycles. The molecule has 0 radical (unpaired) electrons. The van der Waals surface area contributed by atoms with Crippen molar-refractivity contribution in [2.24, 2.45) is 9.78 Å². The third-order valence-electron chi connectivity index (χ3n) is 6.39. The summed E-state index contributed by atoms with van der Waals surface area (Å²) in [5.74, 6) is 0.852. The first kappa shape index (κ1) is 19.6. The third kappa shape index (κ3) is 3.31. The van der Waals surface area contributed by atoms with E-state index in [-0.39, 0.29) is 5.41 Å². The molecule has 8 heteroatoms. The van der Waals surface area contributed by atoms with Crippen LogP contribution >= 0.6 is 0 Å². The fourth-order valence-corrected chi connectivity index (χ4v) is 5.70. The van der Waals surface area contributed by atoms with Gasteiger partial charge in [0.25, 0.3) is 0 Å². The molecule has 2 aliphatic carbocycles. The minimum atomic E-state index is -1.87. The molecule has 1 N–H and O–H groups in total. The maximum Gasteiger partial charge on any atom is 0.322 e. The molecule has 2 amide bonds. The van der Waals surface area contributed by atoms with E-state index in [0.29, 0.717) is 29.8 Å². The fraction of sp³-hybridized carbons (Fsp3) is 0.545. The number of aryl methyl sites for hydroxylation is 2.